The predicted molar refractivity (Wildman–Crippen MR) is 161 cm³/mol. The van der Waals surface area contributed by atoms with Gasteiger partial charge < -0.3 is 9.64 Å². The van der Waals surface area contributed by atoms with Crippen LogP contribution in [0.2, 0.25) is 0 Å². The number of hydrogen-bond acceptors (Lipinski definition) is 7. The number of carbonyl (C=O) groups is 4. The molecule has 4 amide bonds. The highest BCUT2D eigenvalue weighted by atomic mass is 32.1. The summed E-state index contributed by atoms with van der Waals surface area (Å²) in [4.78, 5) is 57.8. The molecule has 6 rings (SSSR count). The number of fused-ring (bicyclic) bond motifs is 2. The van der Waals surface area contributed by atoms with Gasteiger partial charge in [0.25, 0.3) is 17.7 Å². The Morgan fingerprint density at radius 1 is 0.977 bits per heavy atom. The first kappa shape index (κ1) is 29.8. The van der Waals surface area contributed by atoms with Crippen LogP contribution in [0.5, 0.6) is 0 Å². The van der Waals surface area contributed by atoms with Crippen molar-refractivity contribution in [3.63, 3.8) is 0 Å². The average Bonchev–Trinajstić information content (AvgIpc) is 3.24. The van der Waals surface area contributed by atoms with Gasteiger partial charge in [0.05, 0.1) is 5.56 Å². The largest absolute Gasteiger partial charge is 0.444 e. The highest BCUT2D eigenvalue weighted by Gasteiger charge is 2.60. The summed E-state index contributed by atoms with van der Waals surface area (Å²) in [6.07, 6.45) is 4.95. The first-order valence-corrected chi connectivity index (χ1v) is 16.2. The molecule has 0 radical (unpaired) electrons. The molecule has 0 aliphatic carbocycles. The zero-order chi connectivity index (χ0) is 30.5. The number of benzene rings is 1. The quantitative estimate of drug-likeness (QED) is 0.497. The molecule has 4 saturated heterocycles. The van der Waals surface area contributed by atoms with E-state index in [1.54, 1.807) is 41.8 Å². The molecule has 4 aliphatic rings. The van der Waals surface area contributed by atoms with E-state index in [2.05, 4.69) is 10.2 Å². The van der Waals surface area contributed by atoms with Gasteiger partial charge in [0.2, 0.25) is 0 Å². The Kier molecular flexibility index (Phi) is 7.87. The molecule has 4 aliphatic heterocycles. The van der Waals surface area contributed by atoms with Crippen molar-refractivity contribution in [2.24, 2.45) is 5.41 Å². The second-order valence-corrected chi connectivity index (χ2v) is 14.2. The van der Waals surface area contributed by atoms with Gasteiger partial charge in [0.15, 0.2) is 0 Å². The van der Waals surface area contributed by atoms with E-state index in [0.717, 1.165) is 32.2 Å². The van der Waals surface area contributed by atoms with Crippen LogP contribution in [0, 0.1) is 11.2 Å². The van der Waals surface area contributed by atoms with Gasteiger partial charge in [-0.2, -0.15) is 0 Å². The monoisotopic (exact) mass is 613 g/mol. The zero-order valence-corrected chi connectivity index (χ0v) is 25.9. The van der Waals surface area contributed by atoms with Crippen molar-refractivity contribution >= 4 is 50.2 Å². The van der Waals surface area contributed by atoms with Crippen molar-refractivity contribution in [3.8, 4) is 0 Å². The first-order chi connectivity index (χ1) is 20.5. The number of ether oxygens (including phenoxy) is 1. The molecule has 232 valence electrons. The second kappa shape index (κ2) is 11.4. The van der Waals surface area contributed by atoms with Crippen molar-refractivity contribution in [2.45, 2.75) is 77.4 Å². The van der Waals surface area contributed by atoms with Gasteiger partial charge in [-0.3, -0.25) is 34.6 Å². The summed E-state index contributed by atoms with van der Waals surface area (Å²) >= 11 is 1.22. The molecule has 0 bridgehead atoms. The number of nitrogens with zero attached hydrogens (tertiary/aromatic N) is 4. The standard InChI is InChI=1S/C31H40FN5O5S/c1-30(2,3)42-29(41)33-25-24(22-18-20(32)8-9-23(22)43-25)26(38)34-16-10-21(11-17-34)35-13-7-12-31(19-35)27(39)36-14-5-4-6-15-37(36)28(31)40/h8-9,18,21H,4-7,10-17,19H2,1-3H3,(H,33,41). The lowest BCUT2D eigenvalue weighted by atomic mass is 9.78. The van der Waals surface area contributed by atoms with Crippen LogP contribution >= 0.6 is 11.3 Å². The molecule has 2 aromatic rings. The molecule has 0 atom stereocenters. The van der Waals surface area contributed by atoms with Crippen molar-refractivity contribution in [3.05, 3.63) is 29.6 Å². The van der Waals surface area contributed by atoms with Crippen LogP contribution in [0.1, 0.15) is 76.1 Å². The van der Waals surface area contributed by atoms with Crippen LogP contribution in [0.15, 0.2) is 18.2 Å². The highest BCUT2D eigenvalue weighted by Crippen LogP contribution is 2.43. The van der Waals surface area contributed by atoms with Gasteiger partial charge in [0.1, 0.15) is 21.8 Å². The first-order valence-electron chi connectivity index (χ1n) is 15.4. The number of rotatable bonds is 3. The lowest BCUT2D eigenvalue weighted by Crippen LogP contribution is -2.56. The van der Waals surface area contributed by atoms with Crippen molar-refractivity contribution < 1.29 is 28.3 Å². The maximum atomic E-state index is 14.3. The van der Waals surface area contributed by atoms with Crippen LogP contribution in [0.4, 0.5) is 14.2 Å². The van der Waals surface area contributed by atoms with E-state index >= 15 is 0 Å². The number of thiophene rings is 1. The second-order valence-electron chi connectivity index (χ2n) is 13.2. The van der Waals surface area contributed by atoms with Gasteiger partial charge in [0, 0.05) is 48.9 Å². The fourth-order valence-corrected chi connectivity index (χ4v) is 8.12. The van der Waals surface area contributed by atoms with E-state index < -0.39 is 22.9 Å². The molecule has 1 aromatic heterocycles. The minimum absolute atomic E-state index is 0.0432. The summed E-state index contributed by atoms with van der Waals surface area (Å²) in [6.45, 7) is 8.70. The Hall–Kier alpha value is -3.25. The molecule has 4 fully saturated rings. The van der Waals surface area contributed by atoms with E-state index in [0.29, 0.717) is 67.1 Å². The average molecular weight is 614 g/mol. The molecular weight excluding hydrogens is 573 g/mol. The van der Waals surface area contributed by atoms with E-state index in [4.69, 9.17) is 4.74 Å². The van der Waals surface area contributed by atoms with Crippen LogP contribution in [0.3, 0.4) is 0 Å². The molecule has 10 nitrogen and oxygen atoms in total. The molecule has 43 heavy (non-hydrogen) atoms. The smallest absolute Gasteiger partial charge is 0.412 e. The van der Waals surface area contributed by atoms with Crippen molar-refractivity contribution in [1.29, 1.82) is 0 Å². The summed E-state index contributed by atoms with van der Waals surface area (Å²) < 4.78 is 20.4. The van der Waals surface area contributed by atoms with E-state index in [-0.39, 0.29) is 29.3 Å². The Balaban J connectivity index is 1.16. The number of likely N-dealkylation sites (tertiary alicyclic amines) is 2. The lowest BCUT2D eigenvalue weighted by molar-refractivity contribution is -0.145. The highest BCUT2D eigenvalue weighted by molar-refractivity contribution is 7.23. The van der Waals surface area contributed by atoms with E-state index in [1.165, 1.54) is 23.5 Å². The molecule has 0 saturated carbocycles. The maximum absolute atomic E-state index is 14.3. The van der Waals surface area contributed by atoms with Crippen LogP contribution in [0.25, 0.3) is 10.1 Å². The van der Waals surface area contributed by atoms with E-state index in [1.807, 2.05) is 0 Å². The number of hydrogen-bond donors (Lipinski definition) is 1. The van der Waals surface area contributed by atoms with Crippen LogP contribution in [-0.4, -0.2) is 94.5 Å². The summed E-state index contributed by atoms with van der Waals surface area (Å²) in [6, 6.07) is 4.43. The third-order valence-electron chi connectivity index (χ3n) is 9.09. The molecule has 1 N–H and O–H groups in total. The minimum Gasteiger partial charge on any atom is -0.444 e. The fourth-order valence-electron chi connectivity index (χ4n) is 7.06. The maximum Gasteiger partial charge on any atom is 0.412 e. The third-order valence-corrected chi connectivity index (χ3v) is 10.2. The fraction of sp³-hybridized carbons (Fsp3) is 0.613. The number of piperidine rings is 2. The molecular formula is C31H40FN5O5S. The zero-order valence-electron chi connectivity index (χ0n) is 25.1. The summed E-state index contributed by atoms with van der Waals surface area (Å²) in [7, 11) is 0. The number of carbonyl (C=O) groups excluding carboxylic acids is 4. The van der Waals surface area contributed by atoms with E-state index in [9.17, 15) is 23.6 Å². The topological polar surface area (TPSA) is 102 Å². The Bertz CT molecular complexity index is 1420. The Morgan fingerprint density at radius 3 is 2.30 bits per heavy atom. The van der Waals surface area contributed by atoms with Crippen LogP contribution < -0.4 is 5.32 Å². The molecule has 5 heterocycles. The number of nitrogens with one attached hydrogen (secondary N) is 1. The number of halogens is 1. The Morgan fingerprint density at radius 2 is 1.65 bits per heavy atom. The normalized spacial score (nSPS) is 21.8. The third kappa shape index (κ3) is 5.59. The van der Waals surface area contributed by atoms with Crippen molar-refractivity contribution in [1.82, 2.24) is 19.8 Å². The number of amides is 4. The molecule has 12 heteroatoms. The SMILES string of the molecule is CC(C)(C)OC(=O)Nc1sc2ccc(F)cc2c1C(=O)N1CCC(N2CCCC3(C2)C(=O)N2CCCCCN2C3=O)CC1. The molecule has 0 unspecified atom stereocenters. The number of anilines is 1. The summed E-state index contributed by atoms with van der Waals surface area (Å²) in [5.41, 5.74) is -1.44. The number of hydrazine groups is 1. The van der Waals surface area contributed by atoms with Crippen molar-refractivity contribution in [2.75, 3.05) is 44.6 Å². The van der Waals surface area contributed by atoms with Crippen LogP contribution in [-0.2, 0) is 14.3 Å². The van der Waals surface area contributed by atoms with Gasteiger partial charge in [-0.15, -0.1) is 11.3 Å². The van der Waals surface area contributed by atoms with Gasteiger partial charge in [-0.1, -0.05) is 0 Å². The van der Waals surface area contributed by atoms with Gasteiger partial charge in [-0.25, -0.2) is 9.18 Å². The minimum atomic E-state index is -0.996. The predicted octanol–water partition coefficient (Wildman–Crippen LogP) is 4.84. The van der Waals surface area contributed by atoms with Gasteiger partial charge in [-0.05, 0) is 90.5 Å². The lowest BCUT2D eigenvalue weighted by Gasteiger charge is -2.44. The summed E-state index contributed by atoms with van der Waals surface area (Å²) in [5, 5.41) is 6.93. The molecule has 1 aromatic carbocycles. The Labute approximate surface area is 255 Å². The van der Waals surface area contributed by atoms with Gasteiger partial charge >= 0.3 is 6.09 Å². The molecule has 1 spiro atoms. The summed E-state index contributed by atoms with van der Waals surface area (Å²) in [5.74, 6) is -0.810.